The predicted octanol–water partition coefficient (Wildman–Crippen LogP) is 0.811. The third kappa shape index (κ3) is 5.09. The maximum absolute atomic E-state index is 11.4. The van der Waals surface area contributed by atoms with Crippen LogP contribution in [-0.4, -0.2) is 31.2 Å². The van der Waals surface area contributed by atoms with Gasteiger partial charge < -0.3 is 15.8 Å². The molecule has 5 nitrogen and oxygen atoms in total. The second kappa shape index (κ2) is 7.19. The lowest BCUT2D eigenvalue weighted by atomic mass is 10.3. The number of nitrogen functional groups attached to an aromatic ring is 1. The summed E-state index contributed by atoms with van der Waals surface area (Å²) in [5, 5.41) is 5.14. The molecule has 0 aromatic carbocycles. The smallest absolute Gasteiger partial charge is 0.226 e. The van der Waals surface area contributed by atoms with Crippen LogP contribution in [0.15, 0.2) is 5.38 Å². The van der Waals surface area contributed by atoms with Crippen molar-refractivity contribution in [1.82, 2.24) is 10.3 Å². The van der Waals surface area contributed by atoms with Gasteiger partial charge in [-0.15, -0.1) is 11.3 Å². The van der Waals surface area contributed by atoms with E-state index in [4.69, 9.17) is 10.5 Å². The van der Waals surface area contributed by atoms with Crippen LogP contribution >= 0.6 is 11.3 Å². The largest absolute Gasteiger partial charge is 0.385 e. The lowest BCUT2D eigenvalue weighted by Gasteiger charge is -2.03. The molecule has 0 bridgehead atoms. The maximum atomic E-state index is 11.4. The van der Waals surface area contributed by atoms with E-state index in [-0.39, 0.29) is 5.91 Å². The number of aromatic nitrogens is 1. The Hall–Kier alpha value is -1.14. The number of hydrogen-bond acceptors (Lipinski definition) is 5. The summed E-state index contributed by atoms with van der Waals surface area (Å²) in [7, 11) is 1.67. The summed E-state index contributed by atoms with van der Waals surface area (Å²) in [6.45, 7) is 1.42. The van der Waals surface area contributed by atoms with E-state index in [9.17, 15) is 4.79 Å². The Kier molecular flexibility index (Phi) is 5.81. The summed E-state index contributed by atoms with van der Waals surface area (Å²) < 4.78 is 4.91. The third-order valence-electron chi connectivity index (χ3n) is 2.01. The van der Waals surface area contributed by atoms with Crippen molar-refractivity contribution in [2.75, 3.05) is 26.0 Å². The highest BCUT2D eigenvalue weighted by Crippen LogP contribution is 2.11. The van der Waals surface area contributed by atoms with Gasteiger partial charge in [-0.05, 0) is 12.8 Å². The minimum absolute atomic E-state index is 0.0114. The molecule has 0 aliphatic rings. The van der Waals surface area contributed by atoms with Crippen molar-refractivity contribution in [3.8, 4) is 0 Å². The molecule has 90 valence electrons. The van der Waals surface area contributed by atoms with Gasteiger partial charge in [0.2, 0.25) is 5.91 Å². The SMILES string of the molecule is COCCCCNC(=O)Cc1csc(N)n1. The highest BCUT2D eigenvalue weighted by Gasteiger charge is 2.05. The highest BCUT2D eigenvalue weighted by atomic mass is 32.1. The zero-order chi connectivity index (χ0) is 11.8. The predicted molar refractivity (Wildman–Crippen MR) is 64.4 cm³/mol. The minimum atomic E-state index is -0.0114. The van der Waals surface area contributed by atoms with Crippen LogP contribution in [0.5, 0.6) is 0 Å². The van der Waals surface area contributed by atoms with Gasteiger partial charge in [0, 0.05) is 25.6 Å². The van der Waals surface area contributed by atoms with E-state index in [0.717, 1.165) is 25.1 Å². The molecule has 0 radical (unpaired) electrons. The van der Waals surface area contributed by atoms with Crippen molar-refractivity contribution in [3.63, 3.8) is 0 Å². The Balaban J connectivity index is 2.11. The van der Waals surface area contributed by atoms with Gasteiger partial charge in [0.1, 0.15) is 0 Å². The molecular weight excluding hydrogens is 226 g/mol. The average Bonchev–Trinajstić information content (AvgIpc) is 2.63. The van der Waals surface area contributed by atoms with Crippen LogP contribution in [0.1, 0.15) is 18.5 Å². The van der Waals surface area contributed by atoms with Crippen molar-refractivity contribution >= 4 is 22.4 Å². The monoisotopic (exact) mass is 243 g/mol. The van der Waals surface area contributed by atoms with Crippen LogP contribution in [0.25, 0.3) is 0 Å². The second-order valence-corrected chi connectivity index (χ2v) is 4.29. The number of thiazole rings is 1. The molecular formula is C10H17N3O2S. The zero-order valence-electron chi connectivity index (χ0n) is 9.36. The Bertz CT molecular complexity index is 328. The van der Waals surface area contributed by atoms with Gasteiger partial charge in [-0.2, -0.15) is 0 Å². The van der Waals surface area contributed by atoms with Crippen LogP contribution in [0.4, 0.5) is 5.13 Å². The first-order valence-corrected chi connectivity index (χ1v) is 6.06. The fraction of sp³-hybridized carbons (Fsp3) is 0.600. The van der Waals surface area contributed by atoms with Crippen LogP contribution in [0.3, 0.4) is 0 Å². The number of ether oxygens (including phenoxy) is 1. The van der Waals surface area contributed by atoms with Crippen LogP contribution in [-0.2, 0) is 16.0 Å². The number of nitrogens with one attached hydrogen (secondary N) is 1. The van der Waals surface area contributed by atoms with Crippen molar-refractivity contribution in [3.05, 3.63) is 11.1 Å². The van der Waals surface area contributed by atoms with Crippen molar-refractivity contribution < 1.29 is 9.53 Å². The number of methoxy groups -OCH3 is 1. The fourth-order valence-electron chi connectivity index (χ4n) is 1.23. The first-order chi connectivity index (χ1) is 7.72. The van der Waals surface area contributed by atoms with Gasteiger partial charge in [-0.1, -0.05) is 0 Å². The fourth-order valence-corrected chi connectivity index (χ4v) is 1.79. The zero-order valence-corrected chi connectivity index (χ0v) is 10.2. The molecule has 0 fully saturated rings. The lowest BCUT2D eigenvalue weighted by Crippen LogP contribution is -2.26. The number of nitrogens with zero attached hydrogens (tertiary/aromatic N) is 1. The molecule has 0 saturated carbocycles. The number of carbonyl (C=O) groups excluding carboxylic acids is 1. The Labute approximate surface area is 99.0 Å². The van der Waals surface area contributed by atoms with Gasteiger partial charge in [-0.25, -0.2) is 4.98 Å². The van der Waals surface area contributed by atoms with Gasteiger partial charge in [-0.3, -0.25) is 4.79 Å². The van der Waals surface area contributed by atoms with Gasteiger partial charge >= 0.3 is 0 Å². The molecule has 3 N–H and O–H groups in total. The molecule has 1 aromatic rings. The van der Waals surface area contributed by atoms with E-state index in [1.807, 2.05) is 0 Å². The first-order valence-electron chi connectivity index (χ1n) is 5.18. The summed E-state index contributed by atoms with van der Waals surface area (Å²) in [6.07, 6.45) is 2.19. The van der Waals surface area contributed by atoms with E-state index in [2.05, 4.69) is 10.3 Å². The summed E-state index contributed by atoms with van der Waals surface area (Å²) in [6, 6.07) is 0. The second-order valence-electron chi connectivity index (χ2n) is 3.40. The van der Waals surface area contributed by atoms with Gasteiger partial charge in [0.05, 0.1) is 12.1 Å². The van der Waals surface area contributed by atoms with Crippen molar-refractivity contribution in [1.29, 1.82) is 0 Å². The summed E-state index contributed by atoms with van der Waals surface area (Å²) in [4.78, 5) is 15.5. The molecule has 1 heterocycles. The molecule has 0 unspecified atom stereocenters. The van der Waals surface area contributed by atoms with E-state index in [1.165, 1.54) is 11.3 Å². The van der Waals surface area contributed by atoms with Crippen LogP contribution in [0.2, 0.25) is 0 Å². The maximum Gasteiger partial charge on any atom is 0.226 e. The van der Waals surface area contributed by atoms with Gasteiger partial charge in [0.15, 0.2) is 5.13 Å². The van der Waals surface area contributed by atoms with E-state index in [0.29, 0.717) is 18.1 Å². The summed E-state index contributed by atoms with van der Waals surface area (Å²) in [5.41, 5.74) is 6.20. The number of rotatable bonds is 7. The number of nitrogens with two attached hydrogens (primary N) is 1. The number of anilines is 1. The third-order valence-corrected chi connectivity index (χ3v) is 2.73. The quantitative estimate of drug-likeness (QED) is 0.695. The Morgan fingerprint density at radius 2 is 2.44 bits per heavy atom. The molecule has 1 rings (SSSR count). The van der Waals surface area contributed by atoms with Gasteiger partial charge in [0.25, 0.3) is 0 Å². The van der Waals surface area contributed by atoms with Crippen LogP contribution < -0.4 is 11.1 Å². The standard InChI is InChI=1S/C10H17N3O2S/c1-15-5-3-2-4-12-9(14)6-8-7-16-10(11)13-8/h7H,2-6H2,1H3,(H2,11,13)(H,12,14). The highest BCUT2D eigenvalue weighted by molar-refractivity contribution is 7.13. The first kappa shape index (κ1) is 12.9. The number of amides is 1. The molecule has 1 amide bonds. The molecule has 6 heteroatoms. The Morgan fingerprint density at radius 1 is 1.62 bits per heavy atom. The number of hydrogen-bond donors (Lipinski definition) is 2. The van der Waals surface area contributed by atoms with Crippen LogP contribution in [0, 0.1) is 0 Å². The Morgan fingerprint density at radius 3 is 3.06 bits per heavy atom. The molecule has 0 aliphatic carbocycles. The molecule has 0 saturated heterocycles. The van der Waals surface area contributed by atoms with E-state index >= 15 is 0 Å². The summed E-state index contributed by atoms with van der Waals surface area (Å²) in [5.74, 6) is -0.0114. The van der Waals surface area contributed by atoms with E-state index in [1.54, 1.807) is 12.5 Å². The number of carbonyl (C=O) groups is 1. The van der Waals surface area contributed by atoms with Crippen molar-refractivity contribution in [2.24, 2.45) is 0 Å². The summed E-state index contributed by atoms with van der Waals surface area (Å²) >= 11 is 1.35. The van der Waals surface area contributed by atoms with Crippen molar-refractivity contribution in [2.45, 2.75) is 19.3 Å². The lowest BCUT2D eigenvalue weighted by molar-refractivity contribution is -0.120. The molecule has 0 aliphatic heterocycles. The average molecular weight is 243 g/mol. The normalized spacial score (nSPS) is 10.3. The number of unbranched alkanes of at least 4 members (excludes halogenated alkanes) is 1. The molecule has 16 heavy (non-hydrogen) atoms. The van der Waals surface area contributed by atoms with E-state index < -0.39 is 0 Å². The topological polar surface area (TPSA) is 77.2 Å². The molecule has 0 spiro atoms. The molecule has 1 aromatic heterocycles. The molecule has 0 atom stereocenters. The minimum Gasteiger partial charge on any atom is -0.385 e.